The highest BCUT2D eigenvalue weighted by atomic mass is 16.2. The molecule has 1 aromatic heterocycles. The molecule has 1 atom stereocenters. The van der Waals surface area contributed by atoms with Crippen LogP contribution in [0.25, 0.3) is 5.69 Å². The summed E-state index contributed by atoms with van der Waals surface area (Å²) in [6.07, 6.45) is 1.91. The lowest BCUT2D eigenvalue weighted by atomic mass is 10.1. The van der Waals surface area contributed by atoms with E-state index in [1.807, 2.05) is 48.4 Å². The fraction of sp³-hybridized carbons (Fsp3) is 0.375. The lowest BCUT2D eigenvalue weighted by molar-refractivity contribution is 0.0709. The second-order valence-corrected chi connectivity index (χ2v) is 5.56. The summed E-state index contributed by atoms with van der Waals surface area (Å²) in [5.74, 6) is 0.0917. The van der Waals surface area contributed by atoms with Gasteiger partial charge in [0.05, 0.1) is 11.4 Å². The smallest absolute Gasteiger partial charge is 0.254 e. The third-order valence-electron chi connectivity index (χ3n) is 3.74. The van der Waals surface area contributed by atoms with Gasteiger partial charge in [-0.05, 0) is 38.1 Å². The van der Waals surface area contributed by atoms with Gasteiger partial charge in [-0.1, -0.05) is 6.07 Å². The van der Waals surface area contributed by atoms with Crippen molar-refractivity contribution >= 4 is 5.91 Å². The second-order valence-electron chi connectivity index (χ2n) is 5.56. The number of rotatable bonds is 2. The molecule has 3 rings (SSSR count). The number of piperazine rings is 1. The van der Waals surface area contributed by atoms with Crippen molar-refractivity contribution in [3.63, 3.8) is 0 Å². The van der Waals surface area contributed by atoms with Crippen LogP contribution in [0.15, 0.2) is 36.5 Å². The Balaban J connectivity index is 1.84. The molecule has 2 heterocycles. The van der Waals surface area contributed by atoms with Crippen LogP contribution in [-0.4, -0.2) is 46.3 Å². The van der Waals surface area contributed by atoms with Crippen LogP contribution in [0.3, 0.4) is 0 Å². The summed E-state index contributed by atoms with van der Waals surface area (Å²) in [5.41, 5.74) is 2.59. The highest BCUT2D eigenvalue weighted by Crippen LogP contribution is 2.13. The standard InChI is InChI=1S/C16H20N4O/c1-12-6-8-20(18-12)15-5-3-4-14(10-15)16(21)19-9-7-17-13(2)11-19/h3-6,8,10,13,17H,7,9,11H2,1-2H3/t13-/m0/s1. The summed E-state index contributed by atoms with van der Waals surface area (Å²) in [6.45, 7) is 6.42. The molecule has 5 nitrogen and oxygen atoms in total. The molecule has 110 valence electrons. The third-order valence-corrected chi connectivity index (χ3v) is 3.74. The average molecular weight is 284 g/mol. The van der Waals surface area contributed by atoms with E-state index in [4.69, 9.17) is 0 Å². The maximum absolute atomic E-state index is 12.6. The number of nitrogens with zero attached hydrogens (tertiary/aromatic N) is 3. The van der Waals surface area contributed by atoms with Gasteiger partial charge in [0.15, 0.2) is 0 Å². The van der Waals surface area contributed by atoms with Crippen molar-refractivity contribution in [3.05, 3.63) is 47.8 Å². The lowest BCUT2D eigenvalue weighted by Gasteiger charge is -2.32. The van der Waals surface area contributed by atoms with Gasteiger partial charge in [-0.2, -0.15) is 5.10 Å². The van der Waals surface area contributed by atoms with Gasteiger partial charge in [-0.15, -0.1) is 0 Å². The van der Waals surface area contributed by atoms with E-state index in [0.29, 0.717) is 6.04 Å². The van der Waals surface area contributed by atoms with Crippen LogP contribution in [-0.2, 0) is 0 Å². The lowest BCUT2D eigenvalue weighted by Crippen LogP contribution is -2.51. The summed E-state index contributed by atoms with van der Waals surface area (Å²) in [5, 5.41) is 7.74. The molecule has 1 fully saturated rings. The zero-order valence-corrected chi connectivity index (χ0v) is 12.4. The van der Waals surface area contributed by atoms with Crippen molar-refractivity contribution in [2.24, 2.45) is 0 Å². The Labute approximate surface area is 124 Å². The summed E-state index contributed by atoms with van der Waals surface area (Å²) >= 11 is 0. The number of hydrogen-bond acceptors (Lipinski definition) is 3. The van der Waals surface area contributed by atoms with Gasteiger partial charge in [-0.25, -0.2) is 4.68 Å². The predicted octanol–water partition coefficient (Wildman–Crippen LogP) is 1.61. The predicted molar refractivity (Wildman–Crippen MR) is 81.7 cm³/mol. The Morgan fingerprint density at radius 1 is 1.38 bits per heavy atom. The minimum absolute atomic E-state index is 0.0917. The van der Waals surface area contributed by atoms with Crippen molar-refractivity contribution in [2.75, 3.05) is 19.6 Å². The number of benzene rings is 1. The van der Waals surface area contributed by atoms with Crippen LogP contribution in [0.5, 0.6) is 0 Å². The van der Waals surface area contributed by atoms with Crippen LogP contribution in [0.1, 0.15) is 23.0 Å². The molecule has 1 aliphatic rings. The van der Waals surface area contributed by atoms with Crippen LogP contribution >= 0.6 is 0 Å². The van der Waals surface area contributed by atoms with E-state index in [2.05, 4.69) is 17.3 Å². The molecule has 1 N–H and O–H groups in total. The van der Waals surface area contributed by atoms with Crippen LogP contribution < -0.4 is 5.32 Å². The molecule has 1 saturated heterocycles. The molecule has 5 heteroatoms. The maximum atomic E-state index is 12.6. The first-order valence-corrected chi connectivity index (χ1v) is 7.29. The van der Waals surface area contributed by atoms with Crippen molar-refractivity contribution in [1.29, 1.82) is 0 Å². The van der Waals surface area contributed by atoms with Gasteiger partial charge in [0.2, 0.25) is 0 Å². The molecule has 1 aromatic carbocycles. The Bertz CT molecular complexity index is 649. The normalized spacial score (nSPS) is 18.8. The minimum Gasteiger partial charge on any atom is -0.336 e. The number of aryl methyl sites for hydroxylation is 1. The molecular formula is C16H20N4O. The Hall–Kier alpha value is -2.14. The Kier molecular flexibility index (Phi) is 3.75. The van der Waals surface area contributed by atoms with Crippen LogP contribution in [0.4, 0.5) is 0 Å². The number of nitrogens with one attached hydrogen (secondary N) is 1. The first-order valence-electron chi connectivity index (χ1n) is 7.29. The molecule has 1 aliphatic heterocycles. The highest BCUT2D eigenvalue weighted by Gasteiger charge is 2.21. The molecule has 0 bridgehead atoms. The monoisotopic (exact) mass is 284 g/mol. The molecule has 2 aromatic rings. The van der Waals surface area contributed by atoms with Crippen LogP contribution in [0.2, 0.25) is 0 Å². The Morgan fingerprint density at radius 3 is 2.95 bits per heavy atom. The van der Waals surface area contributed by atoms with Crippen LogP contribution in [0, 0.1) is 6.92 Å². The quantitative estimate of drug-likeness (QED) is 0.911. The van der Waals surface area contributed by atoms with E-state index < -0.39 is 0 Å². The summed E-state index contributed by atoms with van der Waals surface area (Å²) in [4.78, 5) is 14.5. The Morgan fingerprint density at radius 2 is 2.24 bits per heavy atom. The van der Waals surface area contributed by atoms with Gasteiger partial charge >= 0.3 is 0 Å². The van der Waals surface area contributed by atoms with Crippen molar-refractivity contribution in [2.45, 2.75) is 19.9 Å². The summed E-state index contributed by atoms with van der Waals surface area (Å²) in [6, 6.07) is 9.94. The zero-order valence-electron chi connectivity index (χ0n) is 12.4. The average Bonchev–Trinajstić information content (AvgIpc) is 2.93. The fourth-order valence-corrected chi connectivity index (χ4v) is 2.64. The van der Waals surface area contributed by atoms with Gasteiger partial charge in [0.25, 0.3) is 5.91 Å². The van der Waals surface area contributed by atoms with E-state index in [9.17, 15) is 4.79 Å². The minimum atomic E-state index is 0.0917. The first-order chi connectivity index (χ1) is 10.1. The molecule has 0 saturated carbocycles. The van der Waals surface area contributed by atoms with Crippen molar-refractivity contribution in [1.82, 2.24) is 20.0 Å². The number of hydrogen-bond donors (Lipinski definition) is 1. The molecular weight excluding hydrogens is 264 g/mol. The van der Waals surface area contributed by atoms with Gasteiger partial charge < -0.3 is 10.2 Å². The van der Waals surface area contributed by atoms with E-state index >= 15 is 0 Å². The largest absolute Gasteiger partial charge is 0.336 e. The molecule has 0 unspecified atom stereocenters. The number of carbonyl (C=O) groups excluding carboxylic acids is 1. The second kappa shape index (κ2) is 5.69. The molecule has 21 heavy (non-hydrogen) atoms. The molecule has 0 aliphatic carbocycles. The topological polar surface area (TPSA) is 50.2 Å². The summed E-state index contributed by atoms with van der Waals surface area (Å²) < 4.78 is 1.80. The van der Waals surface area contributed by atoms with Gasteiger partial charge in [0, 0.05) is 37.4 Å². The molecule has 0 spiro atoms. The highest BCUT2D eigenvalue weighted by molar-refractivity contribution is 5.94. The van der Waals surface area contributed by atoms with E-state index in [1.54, 1.807) is 4.68 Å². The van der Waals surface area contributed by atoms with E-state index in [0.717, 1.165) is 36.6 Å². The SMILES string of the molecule is Cc1ccn(-c2cccc(C(=O)N3CCN[C@@H](C)C3)c2)n1. The number of carbonyl (C=O) groups is 1. The van der Waals surface area contributed by atoms with E-state index in [-0.39, 0.29) is 5.91 Å². The number of aromatic nitrogens is 2. The van der Waals surface area contributed by atoms with Crippen molar-refractivity contribution < 1.29 is 4.79 Å². The fourth-order valence-electron chi connectivity index (χ4n) is 2.64. The van der Waals surface area contributed by atoms with Crippen molar-refractivity contribution in [3.8, 4) is 5.69 Å². The molecule has 1 amide bonds. The van der Waals surface area contributed by atoms with Gasteiger partial charge in [-0.3, -0.25) is 4.79 Å². The number of amides is 1. The van der Waals surface area contributed by atoms with Gasteiger partial charge in [0.1, 0.15) is 0 Å². The maximum Gasteiger partial charge on any atom is 0.254 e. The zero-order chi connectivity index (χ0) is 14.8. The third kappa shape index (κ3) is 2.97. The molecule has 0 radical (unpaired) electrons. The first kappa shape index (κ1) is 13.8. The van der Waals surface area contributed by atoms with E-state index in [1.165, 1.54) is 0 Å². The summed E-state index contributed by atoms with van der Waals surface area (Å²) in [7, 11) is 0.